The molecule has 1 aliphatic rings. The van der Waals surface area contributed by atoms with E-state index in [2.05, 4.69) is 36.1 Å². The van der Waals surface area contributed by atoms with Crippen molar-refractivity contribution in [2.24, 2.45) is 0 Å². The number of thioether (sulfide) groups is 1. The summed E-state index contributed by atoms with van der Waals surface area (Å²) >= 11 is 1.34. The average molecular weight is 505 g/mol. The number of aromatic nitrogens is 5. The Morgan fingerprint density at radius 3 is 2.85 bits per heavy atom. The first-order valence-electron chi connectivity index (χ1n) is 10.0. The molecule has 0 bridgehead atoms. The van der Waals surface area contributed by atoms with Crippen molar-refractivity contribution >= 4 is 44.6 Å². The molecule has 0 spiro atoms. The minimum absolute atomic E-state index is 0.116. The van der Waals surface area contributed by atoms with Gasteiger partial charge in [0.25, 0.3) is 21.6 Å². The lowest BCUT2D eigenvalue weighted by Gasteiger charge is -2.28. The number of aromatic amines is 1. The van der Waals surface area contributed by atoms with Gasteiger partial charge < -0.3 is 4.74 Å². The van der Waals surface area contributed by atoms with E-state index in [1.807, 2.05) is 6.26 Å². The number of pyridine rings is 1. The third-order valence-corrected chi connectivity index (χ3v) is 5.82. The molecule has 0 aliphatic carbocycles. The number of hydrogen-bond acceptors (Lipinski definition) is 10. The van der Waals surface area contributed by atoms with Crippen LogP contribution in [-0.4, -0.2) is 71.3 Å². The van der Waals surface area contributed by atoms with Crippen LogP contribution in [0.15, 0.2) is 28.3 Å². The van der Waals surface area contributed by atoms with Gasteiger partial charge in [-0.25, -0.2) is 19.6 Å². The van der Waals surface area contributed by atoms with E-state index in [4.69, 9.17) is 4.74 Å². The van der Waals surface area contributed by atoms with Gasteiger partial charge in [-0.3, -0.25) is 23.8 Å². The van der Waals surface area contributed by atoms with Crippen LogP contribution in [0.3, 0.4) is 0 Å². The number of amides is 1. The summed E-state index contributed by atoms with van der Waals surface area (Å²) in [5.41, 5.74) is 0.0165. The van der Waals surface area contributed by atoms with Crippen molar-refractivity contribution in [3.63, 3.8) is 0 Å². The lowest BCUT2D eigenvalue weighted by Crippen LogP contribution is -2.40. The fourth-order valence-electron chi connectivity index (χ4n) is 3.19. The lowest BCUT2D eigenvalue weighted by molar-refractivity contribution is -0.121. The molecule has 0 atom stereocenters. The van der Waals surface area contributed by atoms with Crippen LogP contribution in [0.1, 0.15) is 12.8 Å². The number of H-pyrrole nitrogens is 1. The molecule has 4 heterocycles. The number of carbonyl (C=O) groups is 1. The molecule has 178 valence electrons. The Morgan fingerprint density at radius 2 is 2.09 bits per heavy atom. The average Bonchev–Trinajstić information content (AvgIpc) is 3.14. The van der Waals surface area contributed by atoms with Gasteiger partial charge in [0, 0.05) is 19.2 Å². The number of unbranched alkanes of at least 4 members (excludes halogenated alkanes) is 1. The van der Waals surface area contributed by atoms with Crippen LogP contribution in [-0.2, 0) is 19.1 Å². The summed E-state index contributed by atoms with van der Waals surface area (Å²) in [7, 11) is -3.53. The van der Waals surface area contributed by atoms with Crippen LogP contribution in [0.4, 0.5) is 5.82 Å². The maximum absolute atomic E-state index is 12.5. The van der Waals surface area contributed by atoms with Crippen LogP contribution in [0.2, 0.25) is 0 Å². The molecule has 4 rings (SSSR count). The zero-order valence-electron chi connectivity index (χ0n) is 18.3. The van der Waals surface area contributed by atoms with Crippen LogP contribution in [0.5, 0.6) is 5.75 Å². The van der Waals surface area contributed by atoms with Gasteiger partial charge in [0.1, 0.15) is 12.0 Å². The van der Waals surface area contributed by atoms with E-state index in [9.17, 15) is 18.0 Å². The topological polar surface area (TPSA) is 149 Å². The van der Waals surface area contributed by atoms with Crippen molar-refractivity contribution in [1.29, 1.82) is 0 Å². The minimum atomic E-state index is -3.53. The van der Waals surface area contributed by atoms with Crippen molar-refractivity contribution in [3.05, 3.63) is 28.7 Å². The smallest absolute Gasteiger partial charge is 0.275 e. The Balaban J connectivity index is 1.56. The number of hydrogen-bond donors (Lipinski definition) is 1. The Bertz CT molecular complexity index is 1470. The maximum Gasteiger partial charge on any atom is 0.275 e. The maximum atomic E-state index is 12.5. The number of fused-ring (bicyclic) bond motifs is 2. The first-order valence-corrected chi connectivity index (χ1v) is 13.1. The molecule has 1 aliphatic heterocycles. The SMILES string of the molecule is CSc1ncc2c(=O)[nH]n(-c3ccc4c(n3)N(CCCC#CCOS(C)(=O)=O)C(=O)CO4)c2n1. The second-order valence-electron chi connectivity index (χ2n) is 7.12. The Labute approximate surface area is 198 Å². The van der Waals surface area contributed by atoms with Gasteiger partial charge in [0.15, 0.2) is 34.8 Å². The molecule has 0 radical (unpaired) electrons. The normalized spacial score (nSPS) is 13.4. The number of carbonyl (C=O) groups excluding carboxylic acids is 1. The molecular weight excluding hydrogens is 484 g/mol. The molecule has 0 saturated heterocycles. The number of nitrogens with one attached hydrogen (secondary N) is 1. The molecule has 12 nitrogen and oxygen atoms in total. The summed E-state index contributed by atoms with van der Waals surface area (Å²) in [5, 5.41) is 3.53. The zero-order chi connectivity index (χ0) is 24.3. The van der Waals surface area contributed by atoms with Crippen molar-refractivity contribution in [2.45, 2.75) is 18.0 Å². The number of rotatable bonds is 7. The van der Waals surface area contributed by atoms with Gasteiger partial charge in [-0.15, -0.1) is 5.92 Å². The highest BCUT2D eigenvalue weighted by molar-refractivity contribution is 7.98. The van der Waals surface area contributed by atoms with Crippen molar-refractivity contribution < 1.29 is 22.1 Å². The predicted molar refractivity (Wildman–Crippen MR) is 125 cm³/mol. The Hall–Kier alpha value is -3.41. The molecule has 0 aromatic carbocycles. The number of anilines is 1. The quantitative estimate of drug-likeness (QED) is 0.160. The van der Waals surface area contributed by atoms with Gasteiger partial charge in [-0.2, -0.15) is 8.42 Å². The molecule has 3 aromatic heterocycles. The highest BCUT2D eigenvalue weighted by atomic mass is 32.2. The third kappa shape index (κ3) is 5.22. The van der Waals surface area contributed by atoms with Crippen molar-refractivity contribution in [3.8, 4) is 23.4 Å². The van der Waals surface area contributed by atoms with E-state index in [0.29, 0.717) is 53.0 Å². The second-order valence-corrected chi connectivity index (χ2v) is 9.54. The lowest BCUT2D eigenvalue weighted by atomic mass is 10.2. The van der Waals surface area contributed by atoms with Crippen molar-refractivity contribution in [2.75, 3.05) is 37.2 Å². The largest absolute Gasteiger partial charge is 0.480 e. The predicted octanol–water partition coefficient (Wildman–Crippen LogP) is 0.711. The van der Waals surface area contributed by atoms with E-state index in [-0.39, 0.29) is 24.7 Å². The summed E-state index contributed by atoms with van der Waals surface area (Å²) in [4.78, 5) is 39.5. The highest BCUT2D eigenvalue weighted by Gasteiger charge is 2.27. The van der Waals surface area contributed by atoms with Crippen LogP contribution < -0.4 is 15.2 Å². The van der Waals surface area contributed by atoms with Crippen LogP contribution >= 0.6 is 11.8 Å². The Kier molecular flexibility index (Phi) is 6.87. The highest BCUT2D eigenvalue weighted by Crippen LogP contribution is 2.31. The molecule has 34 heavy (non-hydrogen) atoms. The van der Waals surface area contributed by atoms with E-state index in [1.165, 1.54) is 27.5 Å². The fraction of sp³-hybridized carbons (Fsp3) is 0.350. The Morgan fingerprint density at radius 1 is 1.26 bits per heavy atom. The van der Waals surface area contributed by atoms with Gasteiger partial charge in [0.2, 0.25) is 0 Å². The zero-order valence-corrected chi connectivity index (χ0v) is 19.9. The standard InChI is InChI=1S/C20H20N6O6S2/c1-33-20-21-11-13-17(23-20)26(24-19(13)28)15-8-7-14-18(22-15)25(16(27)12-31-14)9-5-3-4-6-10-32-34(2,29)30/h7-8,11H,3,5,9-10,12H2,1-2H3,(H,24,28). The van der Waals surface area contributed by atoms with Gasteiger partial charge >= 0.3 is 0 Å². The third-order valence-electron chi connectivity index (χ3n) is 4.71. The van der Waals surface area contributed by atoms with Crippen molar-refractivity contribution in [1.82, 2.24) is 24.7 Å². The van der Waals surface area contributed by atoms with Gasteiger partial charge in [0.05, 0.1) is 6.26 Å². The van der Waals surface area contributed by atoms with E-state index in [0.717, 1.165) is 6.26 Å². The van der Waals surface area contributed by atoms with Gasteiger partial charge in [-0.05, 0) is 24.8 Å². The first kappa shape index (κ1) is 23.7. The molecular formula is C20H20N6O6S2. The summed E-state index contributed by atoms with van der Waals surface area (Å²) in [6, 6.07) is 3.34. The summed E-state index contributed by atoms with van der Waals surface area (Å²) in [6.45, 7) is -0.00159. The first-order chi connectivity index (χ1) is 16.3. The second kappa shape index (κ2) is 9.84. The molecule has 0 unspecified atom stereocenters. The van der Waals surface area contributed by atoms with E-state index < -0.39 is 10.1 Å². The monoisotopic (exact) mass is 504 g/mol. The molecule has 14 heteroatoms. The number of nitrogens with zero attached hydrogens (tertiary/aromatic N) is 5. The summed E-state index contributed by atoms with van der Waals surface area (Å²) in [6.07, 6.45) is 5.20. The van der Waals surface area contributed by atoms with E-state index in [1.54, 1.807) is 12.1 Å². The van der Waals surface area contributed by atoms with Gasteiger partial charge in [-0.1, -0.05) is 17.7 Å². The van der Waals surface area contributed by atoms with Crippen LogP contribution in [0.25, 0.3) is 16.9 Å². The molecule has 1 N–H and O–H groups in total. The minimum Gasteiger partial charge on any atom is -0.480 e. The molecule has 0 fully saturated rings. The number of ether oxygens (including phenoxy) is 1. The molecule has 0 saturated carbocycles. The molecule has 3 aromatic rings. The fourth-order valence-corrected chi connectivity index (χ4v) is 3.80. The summed E-state index contributed by atoms with van der Waals surface area (Å²) < 4.78 is 33.4. The molecule has 1 amide bonds. The van der Waals surface area contributed by atoms with E-state index >= 15 is 0 Å². The summed E-state index contributed by atoms with van der Waals surface area (Å²) in [5.74, 6) is 6.30. The van der Waals surface area contributed by atoms with Crippen LogP contribution in [0, 0.1) is 11.8 Å².